The van der Waals surface area contributed by atoms with Gasteiger partial charge >= 0.3 is 0 Å². The van der Waals surface area contributed by atoms with Crippen LogP contribution in [0.25, 0.3) is 0 Å². The van der Waals surface area contributed by atoms with E-state index in [9.17, 15) is 13.2 Å². The zero-order chi connectivity index (χ0) is 17.0. The number of likely N-dealkylation sites (N-methyl/N-ethyl adjacent to an activating group) is 1. The molecule has 2 heterocycles. The molecular weight excluding hydrogens is 334 g/mol. The summed E-state index contributed by atoms with van der Waals surface area (Å²) >= 11 is 1.65. The van der Waals surface area contributed by atoms with Crippen LogP contribution in [0.2, 0.25) is 0 Å². The molecule has 1 aliphatic rings. The molecule has 0 aromatic carbocycles. The number of carbonyl (C=O) groups excluding carboxylic acids is 1. The molecule has 2 rings (SSSR count). The van der Waals surface area contributed by atoms with Crippen molar-refractivity contribution in [3.63, 3.8) is 0 Å². The van der Waals surface area contributed by atoms with Gasteiger partial charge in [0.1, 0.15) is 0 Å². The predicted octanol–water partition coefficient (Wildman–Crippen LogP) is 1.14. The Kier molecular flexibility index (Phi) is 6.19. The quantitative estimate of drug-likeness (QED) is 0.827. The molecule has 8 heteroatoms. The minimum Gasteiger partial charge on any atom is -0.354 e. The summed E-state index contributed by atoms with van der Waals surface area (Å²) < 4.78 is 24.5. The third-order valence-corrected chi connectivity index (χ3v) is 6.32. The van der Waals surface area contributed by atoms with Gasteiger partial charge < -0.3 is 10.2 Å². The monoisotopic (exact) mass is 359 g/mol. The highest BCUT2D eigenvalue weighted by molar-refractivity contribution is 7.88. The highest BCUT2D eigenvalue weighted by Gasteiger charge is 2.29. The molecule has 1 unspecified atom stereocenters. The third kappa shape index (κ3) is 5.00. The molecule has 1 fully saturated rings. The van der Waals surface area contributed by atoms with E-state index in [1.807, 2.05) is 19.5 Å². The Morgan fingerprint density at radius 2 is 2.09 bits per heavy atom. The van der Waals surface area contributed by atoms with Crippen molar-refractivity contribution < 1.29 is 13.2 Å². The summed E-state index contributed by atoms with van der Waals surface area (Å²) in [6, 6.07) is 2.23. The van der Waals surface area contributed by atoms with Crippen molar-refractivity contribution >= 4 is 27.3 Å². The van der Waals surface area contributed by atoms with E-state index in [0.29, 0.717) is 32.5 Å². The van der Waals surface area contributed by atoms with E-state index >= 15 is 0 Å². The fourth-order valence-electron chi connectivity index (χ4n) is 2.85. The lowest BCUT2D eigenvalue weighted by molar-refractivity contribution is -0.126. The third-order valence-electron chi connectivity index (χ3n) is 4.31. The van der Waals surface area contributed by atoms with E-state index in [4.69, 9.17) is 0 Å². The molecule has 0 aliphatic carbocycles. The highest BCUT2D eigenvalue weighted by Crippen LogP contribution is 2.22. The number of sulfonamides is 1. The topological polar surface area (TPSA) is 69.7 Å². The lowest BCUT2D eigenvalue weighted by Crippen LogP contribution is -2.44. The largest absolute Gasteiger partial charge is 0.354 e. The van der Waals surface area contributed by atoms with Crippen LogP contribution in [-0.2, 0) is 14.8 Å². The van der Waals surface area contributed by atoms with Crippen molar-refractivity contribution in [3.8, 4) is 0 Å². The van der Waals surface area contributed by atoms with Gasteiger partial charge in [0.25, 0.3) is 0 Å². The second-order valence-electron chi connectivity index (χ2n) is 6.22. The Balaban J connectivity index is 1.85. The van der Waals surface area contributed by atoms with Gasteiger partial charge in [-0.25, -0.2) is 12.7 Å². The van der Waals surface area contributed by atoms with Crippen molar-refractivity contribution in [2.24, 2.45) is 5.92 Å². The summed E-state index contributed by atoms with van der Waals surface area (Å²) in [5, 5.41) is 7.17. The van der Waals surface area contributed by atoms with E-state index in [1.165, 1.54) is 16.1 Å². The molecule has 1 aromatic rings. The van der Waals surface area contributed by atoms with Gasteiger partial charge in [-0.15, -0.1) is 0 Å². The molecule has 6 nitrogen and oxygen atoms in total. The minimum atomic E-state index is -3.15. The number of hydrogen-bond acceptors (Lipinski definition) is 5. The Morgan fingerprint density at radius 1 is 1.43 bits per heavy atom. The number of carbonyl (C=O) groups is 1. The molecule has 23 heavy (non-hydrogen) atoms. The van der Waals surface area contributed by atoms with E-state index < -0.39 is 10.0 Å². The SMILES string of the molecule is CN(C)C(CNC(=O)C1CCN(S(C)(=O)=O)CC1)c1ccsc1. The van der Waals surface area contributed by atoms with Gasteiger partial charge in [0.05, 0.1) is 12.3 Å². The molecular formula is C15H25N3O3S2. The second kappa shape index (κ2) is 7.74. The summed E-state index contributed by atoms with van der Waals surface area (Å²) in [6.45, 7) is 1.42. The molecule has 1 aromatic heterocycles. The fourth-order valence-corrected chi connectivity index (χ4v) is 4.44. The molecule has 0 radical (unpaired) electrons. The summed E-state index contributed by atoms with van der Waals surface area (Å²) in [4.78, 5) is 14.4. The smallest absolute Gasteiger partial charge is 0.223 e. The Morgan fingerprint density at radius 3 is 2.57 bits per heavy atom. The maximum absolute atomic E-state index is 12.4. The number of nitrogens with zero attached hydrogens (tertiary/aromatic N) is 2. The second-order valence-corrected chi connectivity index (χ2v) is 8.98. The van der Waals surface area contributed by atoms with Gasteiger partial charge in [-0.3, -0.25) is 4.79 Å². The van der Waals surface area contributed by atoms with Crippen LogP contribution in [-0.4, -0.2) is 63.5 Å². The van der Waals surface area contributed by atoms with E-state index in [1.54, 1.807) is 11.3 Å². The number of amides is 1. The molecule has 0 spiro atoms. The molecule has 1 saturated heterocycles. The van der Waals surface area contributed by atoms with Gasteiger partial charge in [-0.1, -0.05) is 0 Å². The van der Waals surface area contributed by atoms with E-state index in [2.05, 4.69) is 21.7 Å². The van der Waals surface area contributed by atoms with Crippen LogP contribution in [0.4, 0.5) is 0 Å². The Bertz CT molecular complexity index is 606. The van der Waals surface area contributed by atoms with Crippen LogP contribution < -0.4 is 5.32 Å². The summed E-state index contributed by atoms with van der Waals surface area (Å²) in [5.41, 5.74) is 1.20. The van der Waals surface area contributed by atoms with Crippen LogP contribution in [0.3, 0.4) is 0 Å². The maximum Gasteiger partial charge on any atom is 0.223 e. The fraction of sp³-hybridized carbons (Fsp3) is 0.667. The van der Waals surface area contributed by atoms with Gasteiger partial charge in [0.15, 0.2) is 0 Å². The highest BCUT2D eigenvalue weighted by atomic mass is 32.2. The van der Waals surface area contributed by atoms with Gasteiger partial charge in [-0.05, 0) is 49.3 Å². The average molecular weight is 360 g/mol. The van der Waals surface area contributed by atoms with Crippen molar-refractivity contribution in [2.45, 2.75) is 18.9 Å². The van der Waals surface area contributed by atoms with Crippen molar-refractivity contribution in [2.75, 3.05) is 40.0 Å². The first kappa shape index (κ1) is 18.4. The van der Waals surface area contributed by atoms with Crippen LogP contribution in [0.5, 0.6) is 0 Å². The zero-order valence-corrected chi connectivity index (χ0v) is 15.5. The van der Waals surface area contributed by atoms with Crippen LogP contribution in [0, 0.1) is 5.92 Å². The minimum absolute atomic E-state index is 0.0280. The van der Waals surface area contributed by atoms with Gasteiger partial charge in [0, 0.05) is 25.6 Å². The normalized spacial score (nSPS) is 19.0. The van der Waals surface area contributed by atoms with Crippen molar-refractivity contribution in [3.05, 3.63) is 22.4 Å². The van der Waals surface area contributed by atoms with E-state index in [-0.39, 0.29) is 17.9 Å². The first-order valence-electron chi connectivity index (χ1n) is 7.70. The average Bonchev–Trinajstić information content (AvgIpc) is 3.00. The maximum atomic E-state index is 12.4. The van der Waals surface area contributed by atoms with Crippen molar-refractivity contribution in [1.29, 1.82) is 0 Å². The molecule has 1 atom stereocenters. The van der Waals surface area contributed by atoms with E-state index in [0.717, 1.165) is 0 Å². The Labute approximate surface area is 142 Å². The molecule has 1 N–H and O–H groups in total. The summed E-state index contributed by atoms with van der Waals surface area (Å²) in [6.07, 6.45) is 2.39. The number of piperidine rings is 1. The number of nitrogens with one attached hydrogen (secondary N) is 1. The van der Waals surface area contributed by atoms with Crippen molar-refractivity contribution in [1.82, 2.24) is 14.5 Å². The molecule has 1 amide bonds. The molecule has 0 bridgehead atoms. The van der Waals surface area contributed by atoms with Gasteiger partial charge in [0.2, 0.25) is 15.9 Å². The first-order valence-corrected chi connectivity index (χ1v) is 10.5. The lowest BCUT2D eigenvalue weighted by atomic mass is 9.97. The van der Waals surface area contributed by atoms with Crippen LogP contribution in [0.15, 0.2) is 16.8 Å². The lowest BCUT2D eigenvalue weighted by Gasteiger charge is -2.30. The zero-order valence-electron chi connectivity index (χ0n) is 13.9. The van der Waals surface area contributed by atoms with Gasteiger partial charge in [-0.2, -0.15) is 11.3 Å². The van der Waals surface area contributed by atoms with Crippen LogP contribution >= 0.6 is 11.3 Å². The first-order chi connectivity index (χ1) is 10.8. The van der Waals surface area contributed by atoms with Crippen LogP contribution in [0.1, 0.15) is 24.4 Å². The predicted molar refractivity (Wildman–Crippen MR) is 92.9 cm³/mol. The number of thiophene rings is 1. The number of hydrogen-bond donors (Lipinski definition) is 1. The summed E-state index contributed by atoms with van der Waals surface area (Å²) in [5.74, 6) is -0.0708. The number of rotatable bonds is 6. The Hall–Kier alpha value is -0.960. The molecule has 1 aliphatic heterocycles. The standard InChI is InChI=1S/C15H25N3O3S2/c1-17(2)14(13-6-9-22-11-13)10-16-15(19)12-4-7-18(8-5-12)23(3,20)21/h6,9,11-12,14H,4-5,7-8,10H2,1-3H3,(H,16,19). The molecule has 130 valence electrons. The summed E-state index contributed by atoms with van der Waals surface area (Å²) in [7, 11) is 0.853. The molecule has 0 saturated carbocycles.